The topological polar surface area (TPSA) is 57.7 Å². The van der Waals surface area contributed by atoms with Gasteiger partial charge in [-0.3, -0.25) is 4.79 Å². The smallest absolute Gasteiger partial charge is 0.242 e. The van der Waals surface area contributed by atoms with Gasteiger partial charge in [-0.2, -0.15) is 0 Å². The van der Waals surface area contributed by atoms with E-state index in [-0.39, 0.29) is 30.0 Å². The van der Waals surface area contributed by atoms with Crippen molar-refractivity contribution in [1.82, 2.24) is 4.90 Å². The first-order valence-corrected chi connectivity index (χ1v) is 11.6. The third kappa shape index (κ3) is 5.13. The summed E-state index contributed by atoms with van der Waals surface area (Å²) in [5.41, 5.74) is 3.26. The summed E-state index contributed by atoms with van der Waals surface area (Å²) in [6.07, 6.45) is 0.533. The second-order valence-corrected chi connectivity index (χ2v) is 9.65. The monoisotopic (exact) mass is 400 g/mol. The van der Waals surface area contributed by atoms with Gasteiger partial charge in [-0.15, -0.1) is 0 Å². The molecule has 0 aliphatic carbocycles. The van der Waals surface area contributed by atoms with Crippen LogP contribution in [-0.2, 0) is 21.2 Å². The van der Waals surface area contributed by atoms with Crippen molar-refractivity contribution in [3.63, 3.8) is 0 Å². The molecule has 1 aliphatic heterocycles. The number of likely N-dealkylation sites (N-methyl/N-ethyl adjacent to an activating group) is 1. The minimum Gasteiger partial charge on any atom is -0.358 e. The summed E-state index contributed by atoms with van der Waals surface area (Å²) in [4.78, 5) is 16.9. The van der Waals surface area contributed by atoms with Gasteiger partial charge in [0.1, 0.15) is 0 Å². The van der Waals surface area contributed by atoms with Crippen molar-refractivity contribution < 1.29 is 13.2 Å². The van der Waals surface area contributed by atoms with E-state index in [1.165, 1.54) is 0 Å². The molecule has 0 bridgehead atoms. The van der Waals surface area contributed by atoms with Gasteiger partial charge in [0.05, 0.1) is 18.1 Å². The highest BCUT2D eigenvalue weighted by Crippen LogP contribution is 2.21. The van der Waals surface area contributed by atoms with Gasteiger partial charge < -0.3 is 9.80 Å². The number of rotatable bonds is 7. The molecule has 5 nitrogen and oxygen atoms in total. The fourth-order valence-electron chi connectivity index (χ4n) is 3.78. The van der Waals surface area contributed by atoms with Gasteiger partial charge in [-0.05, 0) is 43.5 Å². The average Bonchev–Trinajstić information content (AvgIpc) is 3.02. The van der Waals surface area contributed by atoms with E-state index in [0.29, 0.717) is 19.5 Å². The first-order valence-electron chi connectivity index (χ1n) is 9.73. The van der Waals surface area contributed by atoms with Crippen molar-refractivity contribution in [2.45, 2.75) is 32.9 Å². The maximum absolute atomic E-state index is 13.1. The molecule has 0 saturated carbocycles. The van der Waals surface area contributed by atoms with Crippen LogP contribution in [0.15, 0.2) is 54.6 Å². The average molecular weight is 401 g/mol. The number of benzene rings is 2. The highest BCUT2D eigenvalue weighted by Gasteiger charge is 2.34. The van der Waals surface area contributed by atoms with Crippen LogP contribution in [0.3, 0.4) is 0 Å². The number of sulfone groups is 1. The van der Waals surface area contributed by atoms with Crippen molar-refractivity contribution in [3.8, 4) is 0 Å². The Kier molecular flexibility index (Phi) is 6.39. The van der Waals surface area contributed by atoms with Crippen LogP contribution < -0.4 is 4.90 Å². The molecule has 1 atom stereocenters. The van der Waals surface area contributed by atoms with Gasteiger partial charge in [-0.1, -0.05) is 42.5 Å². The van der Waals surface area contributed by atoms with E-state index in [2.05, 4.69) is 23.1 Å². The van der Waals surface area contributed by atoms with Crippen molar-refractivity contribution in [2.24, 2.45) is 0 Å². The van der Waals surface area contributed by atoms with Crippen molar-refractivity contribution in [1.29, 1.82) is 0 Å². The summed E-state index contributed by atoms with van der Waals surface area (Å²) in [6, 6.07) is 18.0. The van der Waals surface area contributed by atoms with Gasteiger partial charge in [0, 0.05) is 24.8 Å². The quantitative estimate of drug-likeness (QED) is 0.717. The van der Waals surface area contributed by atoms with Crippen LogP contribution in [0.2, 0.25) is 0 Å². The second-order valence-electron chi connectivity index (χ2n) is 7.42. The molecule has 1 fully saturated rings. The zero-order valence-corrected chi connectivity index (χ0v) is 17.4. The van der Waals surface area contributed by atoms with Crippen molar-refractivity contribution in [3.05, 3.63) is 65.7 Å². The van der Waals surface area contributed by atoms with E-state index < -0.39 is 9.84 Å². The predicted octanol–water partition coefficient (Wildman–Crippen LogP) is 3.04. The van der Waals surface area contributed by atoms with Crippen LogP contribution in [0.1, 0.15) is 24.5 Å². The molecular formula is C22H28N2O3S. The number of nitrogens with zero attached hydrogens (tertiary/aromatic N) is 2. The Bertz CT molecular complexity index is 912. The molecule has 2 aromatic rings. The SMILES string of the molecule is CCN(C(=O)CN(Cc1ccccc1)c1cccc(C)c1)[C@H]1CCS(=O)(=O)C1. The summed E-state index contributed by atoms with van der Waals surface area (Å²) in [7, 11) is -3.03. The Hall–Kier alpha value is -2.34. The molecule has 150 valence electrons. The summed E-state index contributed by atoms with van der Waals surface area (Å²) in [5, 5.41) is 0. The first-order chi connectivity index (χ1) is 13.4. The standard InChI is InChI=1S/C22H28N2O3S/c1-3-24(21-12-13-28(26,27)17-21)22(25)16-23(15-19-9-5-4-6-10-19)20-11-7-8-18(2)14-20/h4-11,14,21H,3,12-13,15-17H2,1-2H3/t21-/m0/s1. The van der Waals surface area contributed by atoms with E-state index in [1.54, 1.807) is 4.90 Å². The Morgan fingerprint density at radius 1 is 1.11 bits per heavy atom. The Balaban J connectivity index is 1.80. The lowest BCUT2D eigenvalue weighted by Gasteiger charge is -2.31. The minimum atomic E-state index is -3.03. The Morgan fingerprint density at radius 2 is 1.86 bits per heavy atom. The number of carbonyl (C=O) groups excluding carboxylic acids is 1. The molecule has 0 N–H and O–H groups in total. The van der Waals surface area contributed by atoms with Gasteiger partial charge in [0.2, 0.25) is 5.91 Å². The molecule has 1 amide bonds. The maximum atomic E-state index is 13.1. The molecule has 1 saturated heterocycles. The van der Waals surface area contributed by atoms with Gasteiger partial charge in [0.15, 0.2) is 9.84 Å². The molecule has 3 rings (SSSR count). The van der Waals surface area contributed by atoms with Gasteiger partial charge >= 0.3 is 0 Å². The summed E-state index contributed by atoms with van der Waals surface area (Å²) < 4.78 is 23.7. The zero-order chi connectivity index (χ0) is 20.1. The number of hydrogen-bond donors (Lipinski definition) is 0. The normalized spacial score (nSPS) is 18.0. The van der Waals surface area contributed by atoms with E-state index in [9.17, 15) is 13.2 Å². The Morgan fingerprint density at radius 3 is 2.46 bits per heavy atom. The lowest BCUT2D eigenvalue weighted by molar-refractivity contribution is -0.131. The van der Waals surface area contributed by atoms with Crippen LogP contribution in [0.5, 0.6) is 0 Å². The fourth-order valence-corrected chi connectivity index (χ4v) is 5.51. The molecule has 0 spiro atoms. The maximum Gasteiger partial charge on any atom is 0.242 e. The van der Waals surface area contributed by atoms with Crippen molar-refractivity contribution in [2.75, 3.05) is 29.5 Å². The lowest BCUT2D eigenvalue weighted by atomic mass is 10.1. The minimum absolute atomic E-state index is 0.0259. The molecule has 0 aromatic heterocycles. The predicted molar refractivity (Wildman–Crippen MR) is 113 cm³/mol. The van der Waals surface area contributed by atoms with Crippen LogP contribution in [0.25, 0.3) is 0 Å². The number of aryl methyl sites for hydroxylation is 1. The van der Waals surface area contributed by atoms with Gasteiger partial charge in [-0.25, -0.2) is 8.42 Å². The fraction of sp³-hybridized carbons (Fsp3) is 0.409. The molecular weight excluding hydrogens is 372 g/mol. The number of hydrogen-bond acceptors (Lipinski definition) is 4. The summed E-state index contributed by atoms with van der Waals surface area (Å²) in [6.45, 7) is 5.32. The Labute approximate surface area is 167 Å². The molecule has 0 radical (unpaired) electrons. The molecule has 0 unspecified atom stereocenters. The number of amides is 1. The molecule has 2 aromatic carbocycles. The number of carbonyl (C=O) groups is 1. The third-order valence-corrected chi connectivity index (χ3v) is 6.97. The van der Waals surface area contributed by atoms with Crippen molar-refractivity contribution >= 4 is 21.4 Å². The third-order valence-electron chi connectivity index (χ3n) is 5.22. The largest absolute Gasteiger partial charge is 0.358 e. The van der Waals surface area contributed by atoms with E-state index in [4.69, 9.17) is 0 Å². The number of anilines is 1. The molecule has 6 heteroatoms. The zero-order valence-electron chi connectivity index (χ0n) is 16.5. The van der Waals surface area contributed by atoms with E-state index in [0.717, 1.165) is 16.8 Å². The molecule has 1 aliphatic rings. The highest BCUT2D eigenvalue weighted by atomic mass is 32.2. The lowest BCUT2D eigenvalue weighted by Crippen LogP contribution is -2.46. The molecule has 28 heavy (non-hydrogen) atoms. The van der Waals surface area contributed by atoms with Gasteiger partial charge in [0.25, 0.3) is 0 Å². The van der Waals surface area contributed by atoms with Crippen LogP contribution in [-0.4, -0.2) is 49.9 Å². The second kappa shape index (κ2) is 8.78. The van der Waals surface area contributed by atoms with E-state index in [1.807, 2.05) is 50.2 Å². The summed E-state index contributed by atoms with van der Waals surface area (Å²) >= 11 is 0. The first kappa shape index (κ1) is 20.4. The summed E-state index contributed by atoms with van der Waals surface area (Å²) in [5.74, 6) is 0.227. The van der Waals surface area contributed by atoms with Crippen LogP contribution in [0.4, 0.5) is 5.69 Å². The van der Waals surface area contributed by atoms with E-state index >= 15 is 0 Å². The van der Waals surface area contributed by atoms with Crippen LogP contribution in [0, 0.1) is 6.92 Å². The van der Waals surface area contributed by atoms with Crippen LogP contribution >= 0.6 is 0 Å². The highest BCUT2D eigenvalue weighted by molar-refractivity contribution is 7.91. The molecule has 1 heterocycles.